The van der Waals surface area contributed by atoms with Crippen LogP contribution in [-0.2, 0) is 17.8 Å². The van der Waals surface area contributed by atoms with Gasteiger partial charge in [0.15, 0.2) is 0 Å². The number of nitrogens with one attached hydrogen (secondary N) is 1. The number of hydrogen-bond acceptors (Lipinski definition) is 3. The van der Waals surface area contributed by atoms with Crippen LogP contribution in [0, 0.1) is 19.8 Å². The van der Waals surface area contributed by atoms with Gasteiger partial charge < -0.3 is 10.1 Å². The van der Waals surface area contributed by atoms with Gasteiger partial charge in [-0.15, -0.1) is 0 Å². The second-order valence-electron chi connectivity index (χ2n) is 5.39. The first-order valence-corrected chi connectivity index (χ1v) is 7.32. The summed E-state index contributed by atoms with van der Waals surface area (Å²) in [6, 6.07) is 0. The van der Waals surface area contributed by atoms with E-state index in [2.05, 4.69) is 42.8 Å². The fourth-order valence-electron chi connectivity index (χ4n) is 2.43. The highest BCUT2D eigenvalue weighted by atomic mass is 16.5. The van der Waals surface area contributed by atoms with Gasteiger partial charge >= 0.3 is 0 Å². The first kappa shape index (κ1) is 16.2. The number of ether oxygens (including phenoxy) is 1. The summed E-state index contributed by atoms with van der Waals surface area (Å²) in [6.45, 7) is 12.3. The number of aryl methyl sites for hydroxylation is 1. The number of rotatable bonds is 9. The quantitative estimate of drug-likeness (QED) is 0.699. The van der Waals surface area contributed by atoms with E-state index >= 15 is 0 Å². The molecular formula is C15H29N3O. The van der Waals surface area contributed by atoms with Gasteiger partial charge in [-0.25, -0.2) is 0 Å². The molecule has 0 saturated carbocycles. The van der Waals surface area contributed by atoms with Gasteiger partial charge in [-0.3, -0.25) is 4.68 Å². The lowest BCUT2D eigenvalue weighted by Crippen LogP contribution is -2.19. The zero-order chi connectivity index (χ0) is 14.3. The minimum atomic E-state index is 0.692. The van der Waals surface area contributed by atoms with Crippen molar-refractivity contribution >= 4 is 0 Å². The third-order valence-corrected chi connectivity index (χ3v) is 3.58. The van der Waals surface area contributed by atoms with E-state index in [4.69, 9.17) is 4.74 Å². The van der Waals surface area contributed by atoms with Crippen molar-refractivity contribution in [3.8, 4) is 0 Å². The minimum absolute atomic E-state index is 0.692. The van der Waals surface area contributed by atoms with Crippen LogP contribution in [0.4, 0.5) is 0 Å². The molecular weight excluding hydrogens is 238 g/mol. The van der Waals surface area contributed by atoms with E-state index < -0.39 is 0 Å². The monoisotopic (exact) mass is 267 g/mol. The predicted molar refractivity (Wildman–Crippen MR) is 79.4 cm³/mol. The summed E-state index contributed by atoms with van der Waals surface area (Å²) in [6.07, 6.45) is 2.51. The van der Waals surface area contributed by atoms with Gasteiger partial charge in [0.05, 0.1) is 12.3 Å². The Hall–Kier alpha value is -0.870. The Kier molecular flexibility index (Phi) is 7.10. The fourth-order valence-corrected chi connectivity index (χ4v) is 2.43. The molecule has 0 aliphatic rings. The second-order valence-corrected chi connectivity index (χ2v) is 5.39. The van der Waals surface area contributed by atoms with E-state index in [0.29, 0.717) is 5.92 Å². The molecule has 0 fully saturated rings. The van der Waals surface area contributed by atoms with Gasteiger partial charge in [-0.1, -0.05) is 20.3 Å². The lowest BCUT2D eigenvalue weighted by atomic mass is 10.1. The minimum Gasteiger partial charge on any atom is -0.383 e. The van der Waals surface area contributed by atoms with Crippen LogP contribution in [0.25, 0.3) is 0 Å². The Morgan fingerprint density at radius 1 is 1.37 bits per heavy atom. The third-order valence-electron chi connectivity index (χ3n) is 3.58. The molecule has 0 radical (unpaired) electrons. The maximum Gasteiger partial charge on any atom is 0.0641 e. The van der Waals surface area contributed by atoms with Crippen LogP contribution < -0.4 is 5.32 Å². The highest BCUT2D eigenvalue weighted by molar-refractivity contribution is 5.24. The van der Waals surface area contributed by atoms with Crippen molar-refractivity contribution in [1.29, 1.82) is 0 Å². The van der Waals surface area contributed by atoms with E-state index in [1.54, 1.807) is 7.11 Å². The molecule has 1 N–H and O–H groups in total. The van der Waals surface area contributed by atoms with Crippen molar-refractivity contribution in [2.45, 2.75) is 53.6 Å². The van der Waals surface area contributed by atoms with E-state index in [0.717, 1.165) is 31.9 Å². The van der Waals surface area contributed by atoms with Gasteiger partial charge in [0.2, 0.25) is 0 Å². The lowest BCUT2D eigenvalue weighted by molar-refractivity contribution is 0.199. The third kappa shape index (κ3) is 4.96. The molecule has 0 spiro atoms. The van der Waals surface area contributed by atoms with Crippen LogP contribution in [0.2, 0.25) is 0 Å². The summed E-state index contributed by atoms with van der Waals surface area (Å²) < 4.78 is 7.21. The molecule has 1 rings (SSSR count). The molecule has 1 heterocycles. The Balaban J connectivity index is 2.60. The molecule has 1 aromatic rings. The van der Waals surface area contributed by atoms with E-state index in [9.17, 15) is 0 Å². The molecule has 19 heavy (non-hydrogen) atoms. The van der Waals surface area contributed by atoms with Gasteiger partial charge in [0.25, 0.3) is 0 Å². The van der Waals surface area contributed by atoms with Crippen LogP contribution in [0.5, 0.6) is 0 Å². The van der Waals surface area contributed by atoms with Crippen molar-refractivity contribution in [2.75, 3.05) is 20.3 Å². The van der Waals surface area contributed by atoms with E-state index in [1.165, 1.54) is 24.1 Å². The molecule has 4 nitrogen and oxygen atoms in total. The number of aromatic nitrogens is 2. The zero-order valence-electron chi connectivity index (χ0n) is 13.1. The first-order valence-electron chi connectivity index (χ1n) is 7.32. The normalized spacial score (nSPS) is 12.9. The molecule has 4 heteroatoms. The van der Waals surface area contributed by atoms with Crippen molar-refractivity contribution < 1.29 is 4.74 Å². The number of methoxy groups -OCH3 is 1. The van der Waals surface area contributed by atoms with Gasteiger partial charge in [-0.05, 0) is 26.2 Å². The van der Waals surface area contributed by atoms with E-state index in [1.807, 2.05) is 0 Å². The average molecular weight is 267 g/mol. The van der Waals surface area contributed by atoms with Gasteiger partial charge in [0.1, 0.15) is 0 Å². The largest absolute Gasteiger partial charge is 0.383 e. The van der Waals surface area contributed by atoms with Gasteiger partial charge in [0, 0.05) is 38.0 Å². The smallest absolute Gasteiger partial charge is 0.0641 e. The van der Waals surface area contributed by atoms with Crippen LogP contribution in [-0.4, -0.2) is 30.0 Å². The molecule has 0 aliphatic carbocycles. The summed E-state index contributed by atoms with van der Waals surface area (Å²) in [5.74, 6) is 0.692. The van der Waals surface area contributed by atoms with Crippen LogP contribution >= 0.6 is 0 Å². The Labute approximate surface area is 117 Å². The molecule has 0 aromatic carbocycles. The maximum absolute atomic E-state index is 5.04. The van der Waals surface area contributed by atoms with Gasteiger partial charge in [-0.2, -0.15) is 5.10 Å². The summed E-state index contributed by atoms with van der Waals surface area (Å²) in [5, 5.41) is 8.07. The number of hydrogen-bond donors (Lipinski definition) is 1. The van der Waals surface area contributed by atoms with Crippen molar-refractivity contribution in [1.82, 2.24) is 15.1 Å². The molecule has 0 bridgehead atoms. The van der Waals surface area contributed by atoms with E-state index in [-0.39, 0.29) is 0 Å². The van der Waals surface area contributed by atoms with Crippen molar-refractivity contribution in [3.63, 3.8) is 0 Å². The Morgan fingerprint density at radius 2 is 2.11 bits per heavy atom. The second kappa shape index (κ2) is 8.33. The van der Waals surface area contributed by atoms with Crippen molar-refractivity contribution in [3.05, 3.63) is 17.0 Å². The number of nitrogens with zero attached hydrogens (tertiary/aromatic N) is 2. The standard InChI is InChI=1S/C15H29N3O/c1-6-7-12(2)11-18-14(4)15(13(3)17-18)10-16-8-9-19-5/h12,16H,6-11H2,1-5H3. The summed E-state index contributed by atoms with van der Waals surface area (Å²) in [5.41, 5.74) is 3.77. The zero-order valence-corrected chi connectivity index (χ0v) is 13.1. The molecule has 1 atom stereocenters. The highest BCUT2D eigenvalue weighted by Gasteiger charge is 2.12. The average Bonchev–Trinajstić information content (AvgIpc) is 2.61. The first-order chi connectivity index (χ1) is 9.10. The molecule has 0 saturated heterocycles. The van der Waals surface area contributed by atoms with Crippen LogP contribution in [0.1, 0.15) is 43.6 Å². The highest BCUT2D eigenvalue weighted by Crippen LogP contribution is 2.16. The predicted octanol–water partition coefficient (Wildman–Crippen LogP) is 2.67. The molecule has 0 aliphatic heterocycles. The molecule has 1 unspecified atom stereocenters. The SMILES string of the molecule is CCCC(C)Cn1nc(C)c(CNCCOC)c1C. The fraction of sp³-hybridized carbons (Fsp3) is 0.800. The molecule has 110 valence electrons. The molecule has 0 amide bonds. The Morgan fingerprint density at radius 3 is 2.74 bits per heavy atom. The summed E-state index contributed by atoms with van der Waals surface area (Å²) in [7, 11) is 1.73. The molecule has 1 aromatic heterocycles. The summed E-state index contributed by atoms with van der Waals surface area (Å²) in [4.78, 5) is 0. The van der Waals surface area contributed by atoms with Crippen molar-refractivity contribution in [2.24, 2.45) is 5.92 Å². The topological polar surface area (TPSA) is 39.1 Å². The maximum atomic E-state index is 5.04. The Bertz CT molecular complexity index is 374. The van der Waals surface area contributed by atoms with Crippen LogP contribution in [0.3, 0.4) is 0 Å². The summed E-state index contributed by atoms with van der Waals surface area (Å²) >= 11 is 0. The van der Waals surface area contributed by atoms with Crippen LogP contribution in [0.15, 0.2) is 0 Å². The lowest BCUT2D eigenvalue weighted by Gasteiger charge is -2.12.